The highest BCUT2D eigenvalue weighted by Crippen LogP contribution is 2.31. The van der Waals surface area contributed by atoms with E-state index in [0.717, 1.165) is 31.0 Å². The highest BCUT2D eigenvalue weighted by atomic mass is 19.4. The molecule has 5 rings (SSSR count). The van der Waals surface area contributed by atoms with Crippen LogP contribution in [0.1, 0.15) is 32.7 Å². The predicted molar refractivity (Wildman–Crippen MR) is 133 cm³/mol. The maximum Gasteiger partial charge on any atom is 0.416 e. The Morgan fingerprint density at radius 1 is 1.05 bits per heavy atom. The van der Waals surface area contributed by atoms with Crippen LogP contribution in [0.4, 0.5) is 24.7 Å². The van der Waals surface area contributed by atoms with Crippen molar-refractivity contribution in [1.29, 1.82) is 0 Å². The molecule has 0 unspecified atom stereocenters. The van der Waals surface area contributed by atoms with E-state index >= 15 is 0 Å². The first-order valence-corrected chi connectivity index (χ1v) is 11.6. The van der Waals surface area contributed by atoms with Gasteiger partial charge in [-0.15, -0.1) is 5.10 Å². The molecule has 1 N–H and O–H groups in total. The summed E-state index contributed by atoms with van der Waals surface area (Å²) in [5.41, 5.74) is 2.00. The number of amides is 1. The van der Waals surface area contributed by atoms with E-state index in [1.54, 1.807) is 35.8 Å². The fourth-order valence-corrected chi connectivity index (χ4v) is 4.03. The van der Waals surface area contributed by atoms with Crippen LogP contribution in [0.3, 0.4) is 0 Å². The number of benzene rings is 2. The molecule has 1 fully saturated rings. The first-order valence-electron chi connectivity index (χ1n) is 11.6. The molecule has 10 heteroatoms. The average Bonchev–Trinajstić information content (AvgIpc) is 3.30. The smallest absolute Gasteiger partial charge is 0.378 e. The fourth-order valence-electron chi connectivity index (χ4n) is 4.03. The quantitative estimate of drug-likeness (QED) is 0.414. The second kappa shape index (κ2) is 9.95. The number of anilines is 2. The van der Waals surface area contributed by atoms with E-state index < -0.39 is 17.6 Å². The van der Waals surface area contributed by atoms with Crippen LogP contribution in [0.15, 0.2) is 60.8 Å². The van der Waals surface area contributed by atoms with Gasteiger partial charge >= 0.3 is 6.18 Å². The minimum Gasteiger partial charge on any atom is -0.378 e. The predicted octanol–water partition coefficient (Wildman–Crippen LogP) is 4.55. The van der Waals surface area contributed by atoms with Crippen LogP contribution in [0.25, 0.3) is 5.65 Å². The summed E-state index contributed by atoms with van der Waals surface area (Å²) in [7, 11) is 0. The van der Waals surface area contributed by atoms with Crippen molar-refractivity contribution in [3.63, 3.8) is 0 Å². The van der Waals surface area contributed by atoms with Crippen molar-refractivity contribution in [3.05, 3.63) is 88.7 Å². The number of carbonyl (C=O) groups is 1. The van der Waals surface area contributed by atoms with Crippen molar-refractivity contribution in [1.82, 2.24) is 14.6 Å². The molecule has 7 nitrogen and oxygen atoms in total. The number of nitrogens with zero attached hydrogens (tertiary/aromatic N) is 4. The van der Waals surface area contributed by atoms with E-state index in [1.807, 2.05) is 12.1 Å². The molecule has 0 atom stereocenters. The SMILES string of the molecule is Cc1c(C#Cc2cnc3ccc(N4CCOCC4)nn23)cccc1C(=O)Nc1cccc(C(F)(F)F)c1. The van der Waals surface area contributed by atoms with Gasteiger partial charge in [0.25, 0.3) is 5.91 Å². The number of aromatic nitrogens is 3. The summed E-state index contributed by atoms with van der Waals surface area (Å²) in [4.78, 5) is 19.4. The third kappa shape index (κ3) is 5.27. The van der Waals surface area contributed by atoms with Crippen LogP contribution < -0.4 is 10.2 Å². The number of nitrogens with one attached hydrogen (secondary N) is 1. The molecule has 37 heavy (non-hydrogen) atoms. The molecule has 4 aromatic rings. The molecule has 0 spiro atoms. The third-order valence-corrected chi connectivity index (χ3v) is 6.03. The molecule has 0 saturated carbocycles. The summed E-state index contributed by atoms with van der Waals surface area (Å²) in [5.74, 6) is 6.45. The maximum absolute atomic E-state index is 13.0. The molecule has 0 aliphatic carbocycles. The maximum atomic E-state index is 13.0. The Kier molecular flexibility index (Phi) is 6.54. The number of alkyl halides is 3. The van der Waals surface area contributed by atoms with Gasteiger partial charge in [0.15, 0.2) is 5.65 Å². The summed E-state index contributed by atoms with van der Waals surface area (Å²) in [6.07, 6.45) is -2.86. The van der Waals surface area contributed by atoms with Crippen LogP contribution in [-0.4, -0.2) is 46.8 Å². The van der Waals surface area contributed by atoms with Crippen LogP contribution >= 0.6 is 0 Å². The number of ether oxygens (including phenoxy) is 1. The normalized spacial score (nSPS) is 13.8. The standard InChI is InChI=1S/C27H22F3N5O2/c1-18-19(4-2-7-23(18)26(36)32-21-6-3-5-20(16-21)27(28,29)30)8-9-22-17-31-24-10-11-25(33-35(22)24)34-12-14-37-15-13-34/h2-7,10-11,16-17H,12-15H2,1H3,(H,32,36). The van der Waals surface area contributed by atoms with Crippen molar-refractivity contribution in [2.24, 2.45) is 0 Å². The van der Waals surface area contributed by atoms with E-state index in [-0.39, 0.29) is 5.69 Å². The number of rotatable bonds is 3. The summed E-state index contributed by atoms with van der Waals surface area (Å²) in [5, 5.41) is 7.23. The summed E-state index contributed by atoms with van der Waals surface area (Å²) < 4.78 is 46.1. The second-order valence-corrected chi connectivity index (χ2v) is 8.47. The number of imidazole rings is 1. The number of morpholine rings is 1. The molecule has 2 aromatic carbocycles. The zero-order valence-corrected chi connectivity index (χ0v) is 19.8. The summed E-state index contributed by atoms with van der Waals surface area (Å²) in [6.45, 7) is 4.54. The van der Waals surface area contributed by atoms with Gasteiger partial charge in [-0.25, -0.2) is 9.50 Å². The lowest BCUT2D eigenvalue weighted by molar-refractivity contribution is -0.137. The Morgan fingerprint density at radius 2 is 1.84 bits per heavy atom. The van der Waals surface area contributed by atoms with Crippen molar-refractivity contribution < 1.29 is 22.7 Å². The summed E-state index contributed by atoms with van der Waals surface area (Å²) in [6, 6.07) is 13.4. The molecular formula is C27H22F3N5O2. The second-order valence-electron chi connectivity index (χ2n) is 8.47. The number of carbonyl (C=O) groups excluding carboxylic acids is 1. The largest absolute Gasteiger partial charge is 0.416 e. The number of halogens is 3. The van der Waals surface area contributed by atoms with E-state index in [4.69, 9.17) is 4.74 Å². The minimum absolute atomic E-state index is 0.0589. The first-order chi connectivity index (χ1) is 17.8. The Bertz CT molecular complexity index is 1530. The van der Waals surface area contributed by atoms with Crippen LogP contribution in [0.2, 0.25) is 0 Å². The van der Waals surface area contributed by atoms with Crippen molar-refractivity contribution >= 4 is 23.1 Å². The van der Waals surface area contributed by atoms with Gasteiger partial charge in [-0.05, 0) is 60.9 Å². The lowest BCUT2D eigenvalue weighted by atomic mass is 10.0. The molecule has 1 saturated heterocycles. The van der Waals surface area contributed by atoms with Gasteiger partial charge in [-0.3, -0.25) is 4.79 Å². The van der Waals surface area contributed by atoms with E-state index in [1.165, 1.54) is 12.1 Å². The molecule has 0 radical (unpaired) electrons. The molecule has 1 aliphatic rings. The average molecular weight is 506 g/mol. The Labute approximate surface area is 210 Å². The molecular weight excluding hydrogens is 483 g/mol. The fraction of sp³-hybridized carbons (Fsp3) is 0.222. The Hall–Kier alpha value is -4.36. The highest BCUT2D eigenvalue weighted by Gasteiger charge is 2.30. The van der Waals surface area contributed by atoms with Crippen molar-refractivity contribution in [2.75, 3.05) is 36.5 Å². The van der Waals surface area contributed by atoms with Gasteiger partial charge in [0.1, 0.15) is 11.5 Å². The number of fused-ring (bicyclic) bond motifs is 1. The van der Waals surface area contributed by atoms with E-state index in [0.29, 0.717) is 41.2 Å². The lowest BCUT2D eigenvalue weighted by Gasteiger charge is -2.27. The molecule has 2 aromatic heterocycles. The molecule has 0 bridgehead atoms. The topological polar surface area (TPSA) is 71.8 Å². The first kappa shape index (κ1) is 24.3. The van der Waals surface area contributed by atoms with Gasteiger partial charge in [0.05, 0.1) is 25.0 Å². The minimum atomic E-state index is -4.50. The lowest BCUT2D eigenvalue weighted by Crippen LogP contribution is -2.37. The van der Waals surface area contributed by atoms with E-state index in [9.17, 15) is 18.0 Å². The zero-order chi connectivity index (χ0) is 26.0. The van der Waals surface area contributed by atoms with Gasteiger partial charge in [0, 0.05) is 29.9 Å². The monoisotopic (exact) mass is 505 g/mol. The highest BCUT2D eigenvalue weighted by molar-refractivity contribution is 6.05. The molecule has 1 aliphatic heterocycles. The van der Waals surface area contributed by atoms with Crippen LogP contribution in [0.5, 0.6) is 0 Å². The molecule has 3 heterocycles. The van der Waals surface area contributed by atoms with Crippen molar-refractivity contribution in [3.8, 4) is 11.8 Å². The number of hydrogen-bond donors (Lipinski definition) is 1. The molecule has 1 amide bonds. The van der Waals surface area contributed by atoms with Gasteiger partial charge in [0.2, 0.25) is 0 Å². The Balaban J connectivity index is 1.40. The zero-order valence-electron chi connectivity index (χ0n) is 19.8. The Morgan fingerprint density at radius 3 is 2.62 bits per heavy atom. The van der Waals surface area contributed by atoms with Crippen LogP contribution in [-0.2, 0) is 10.9 Å². The van der Waals surface area contributed by atoms with Gasteiger partial charge in [-0.2, -0.15) is 13.2 Å². The van der Waals surface area contributed by atoms with E-state index in [2.05, 4.69) is 32.1 Å². The van der Waals surface area contributed by atoms with Gasteiger partial charge < -0.3 is 15.0 Å². The summed E-state index contributed by atoms with van der Waals surface area (Å²) >= 11 is 0. The van der Waals surface area contributed by atoms with Crippen molar-refractivity contribution in [2.45, 2.75) is 13.1 Å². The third-order valence-electron chi connectivity index (χ3n) is 6.03. The molecule has 188 valence electrons. The van der Waals surface area contributed by atoms with Crippen LogP contribution in [0, 0.1) is 18.8 Å². The number of hydrogen-bond acceptors (Lipinski definition) is 5. The van der Waals surface area contributed by atoms with Gasteiger partial charge in [-0.1, -0.05) is 18.1 Å².